The van der Waals surface area contributed by atoms with Gasteiger partial charge in [-0.1, -0.05) is 39.8 Å². The highest BCUT2D eigenvalue weighted by Crippen LogP contribution is 2.29. The van der Waals surface area contributed by atoms with Gasteiger partial charge in [0.1, 0.15) is 4.83 Å². The van der Waals surface area contributed by atoms with Gasteiger partial charge in [0.15, 0.2) is 5.16 Å². The summed E-state index contributed by atoms with van der Waals surface area (Å²) in [6.45, 7) is 6.68. The lowest BCUT2D eigenvalue weighted by Gasteiger charge is -2.10. The largest absolute Gasteiger partial charge is 0.287 e. The molecule has 2 aromatic heterocycles. The SMILES string of the molecule is CCn1c(SCc2cccc(Br)c2)nc2sc(C)c(C)c2c1=O. The molecule has 0 atom stereocenters. The predicted molar refractivity (Wildman–Crippen MR) is 103 cm³/mol. The van der Waals surface area contributed by atoms with Crippen LogP contribution in [0.2, 0.25) is 0 Å². The van der Waals surface area contributed by atoms with Gasteiger partial charge in [0.05, 0.1) is 5.39 Å². The topological polar surface area (TPSA) is 34.9 Å². The molecule has 0 saturated carbocycles. The predicted octanol–water partition coefficient (Wildman–Crippen LogP) is 5.15. The Morgan fingerprint density at radius 1 is 1.35 bits per heavy atom. The van der Waals surface area contributed by atoms with Gasteiger partial charge >= 0.3 is 0 Å². The average molecular weight is 409 g/mol. The van der Waals surface area contributed by atoms with Gasteiger partial charge in [-0.05, 0) is 44.0 Å². The summed E-state index contributed by atoms with van der Waals surface area (Å²) in [6, 6.07) is 8.22. The Bertz CT molecular complexity index is 930. The molecule has 0 aliphatic heterocycles. The summed E-state index contributed by atoms with van der Waals surface area (Å²) in [5, 5.41) is 1.58. The van der Waals surface area contributed by atoms with Crippen molar-refractivity contribution in [2.24, 2.45) is 0 Å². The maximum atomic E-state index is 12.8. The van der Waals surface area contributed by atoms with Crippen molar-refractivity contribution < 1.29 is 0 Å². The van der Waals surface area contributed by atoms with Crippen molar-refractivity contribution in [3.05, 3.63) is 55.1 Å². The van der Waals surface area contributed by atoms with E-state index in [0.29, 0.717) is 6.54 Å². The first-order valence-corrected chi connectivity index (χ1v) is 9.98. The Labute approximate surface area is 151 Å². The molecule has 0 unspecified atom stereocenters. The highest BCUT2D eigenvalue weighted by Gasteiger charge is 2.16. The number of aryl methyl sites for hydroxylation is 2. The third kappa shape index (κ3) is 3.25. The number of hydrogen-bond donors (Lipinski definition) is 0. The van der Waals surface area contributed by atoms with Crippen molar-refractivity contribution in [2.75, 3.05) is 0 Å². The number of rotatable bonds is 4. The molecule has 23 heavy (non-hydrogen) atoms. The van der Waals surface area contributed by atoms with E-state index >= 15 is 0 Å². The fraction of sp³-hybridized carbons (Fsp3) is 0.294. The Kier molecular flexibility index (Phi) is 4.94. The van der Waals surface area contributed by atoms with Crippen LogP contribution in [0.5, 0.6) is 0 Å². The Hall–Kier alpha value is -1.11. The zero-order valence-corrected chi connectivity index (χ0v) is 16.4. The average Bonchev–Trinajstić information content (AvgIpc) is 2.80. The molecule has 0 aliphatic rings. The molecule has 0 N–H and O–H groups in total. The second kappa shape index (κ2) is 6.79. The standard InChI is InChI=1S/C17H17BrN2OS2/c1-4-20-16(21)14-10(2)11(3)23-15(14)19-17(20)22-9-12-6-5-7-13(18)8-12/h5-8H,4,9H2,1-3H3. The highest BCUT2D eigenvalue weighted by atomic mass is 79.9. The molecular weight excluding hydrogens is 392 g/mol. The summed E-state index contributed by atoms with van der Waals surface area (Å²) in [5.41, 5.74) is 2.35. The van der Waals surface area contributed by atoms with E-state index in [1.54, 1.807) is 27.7 Å². The van der Waals surface area contributed by atoms with Crippen molar-refractivity contribution in [2.45, 2.75) is 38.2 Å². The monoisotopic (exact) mass is 408 g/mol. The van der Waals surface area contributed by atoms with Crippen LogP contribution in [0.4, 0.5) is 0 Å². The van der Waals surface area contributed by atoms with Crippen molar-refractivity contribution >= 4 is 49.2 Å². The molecule has 1 aromatic carbocycles. The Balaban J connectivity index is 2.01. The number of hydrogen-bond acceptors (Lipinski definition) is 4. The third-order valence-electron chi connectivity index (χ3n) is 3.83. The number of thioether (sulfide) groups is 1. The third-order valence-corrected chi connectivity index (χ3v) is 6.47. The number of benzene rings is 1. The summed E-state index contributed by atoms with van der Waals surface area (Å²) in [5.74, 6) is 0.792. The van der Waals surface area contributed by atoms with E-state index in [9.17, 15) is 4.79 Å². The molecule has 0 amide bonds. The molecular formula is C17H17BrN2OS2. The fourth-order valence-corrected chi connectivity index (χ4v) is 5.00. The molecule has 3 nitrogen and oxygen atoms in total. The smallest absolute Gasteiger partial charge is 0.263 e. The van der Waals surface area contributed by atoms with Gasteiger partial charge in [-0.2, -0.15) is 0 Å². The number of aromatic nitrogens is 2. The van der Waals surface area contributed by atoms with E-state index in [1.807, 2.05) is 32.9 Å². The Morgan fingerprint density at radius 3 is 2.83 bits per heavy atom. The molecule has 0 saturated heterocycles. The van der Waals surface area contributed by atoms with Crippen molar-refractivity contribution in [3.63, 3.8) is 0 Å². The molecule has 6 heteroatoms. The summed E-state index contributed by atoms with van der Waals surface area (Å²) in [7, 11) is 0. The maximum absolute atomic E-state index is 12.8. The maximum Gasteiger partial charge on any atom is 0.263 e. The summed E-state index contributed by atoms with van der Waals surface area (Å²) in [4.78, 5) is 19.6. The molecule has 0 radical (unpaired) electrons. The lowest BCUT2D eigenvalue weighted by Crippen LogP contribution is -2.22. The van der Waals surface area contributed by atoms with E-state index in [-0.39, 0.29) is 5.56 Å². The number of nitrogens with zero attached hydrogens (tertiary/aromatic N) is 2. The van der Waals surface area contributed by atoms with Gasteiger partial charge in [0.25, 0.3) is 5.56 Å². The van der Waals surface area contributed by atoms with Crippen LogP contribution in [0.25, 0.3) is 10.2 Å². The second-order valence-electron chi connectivity index (χ2n) is 5.33. The van der Waals surface area contributed by atoms with E-state index in [2.05, 4.69) is 28.1 Å². The number of halogens is 1. The van der Waals surface area contributed by atoms with Crippen molar-refractivity contribution in [1.29, 1.82) is 0 Å². The molecule has 0 fully saturated rings. The summed E-state index contributed by atoms with van der Waals surface area (Å²) in [6.07, 6.45) is 0. The minimum Gasteiger partial charge on any atom is -0.287 e. The minimum absolute atomic E-state index is 0.0797. The van der Waals surface area contributed by atoms with Gasteiger partial charge in [0, 0.05) is 21.6 Å². The first-order valence-electron chi connectivity index (χ1n) is 7.39. The molecule has 2 heterocycles. The first-order chi connectivity index (χ1) is 11.0. The number of thiophene rings is 1. The minimum atomic E-state index is 0.0797. The molecule has 0 spiro atoms. The summed E-state index contributed by atoms with van der Waals surface area (Å²) >= 11 is 6.71. The van der Waals surface area contributed by atoms with Crippen LogP contribution in [-0.2, 0) is 12.3 Å². The fourth-order valence-electron chi connectivity index (χ4n) is 2.47. The first kappa shape index (κ1) is 16.7. The van der Waals surface area contributed by atoms with Crippen LogP contribution in [-0.4, -0.2) is 9.55 Å². The molecule has 0 bridgehead atoms. The Morgan fingerprint density at radius 2 is 2.13 bits per heavy atom. The van der Waals surface area contributed by atoms with Gasteiger partial charge in [-0.15, -0.1) is 11.3 Å². The van der Waals surface area contributed by atoms with E-state index in [0.717, 1.165) is 31.2 Å². The van der Waals surface area contributed by atoms with Gasteiger partial charge in [0.2, 0.25) is 0 Å². The van der Waals surface area contributed by atoms with E-state index < -0.39 is 0 Å². The molecule has 0 aliphatic carbocycles. The van der Waals surface area contributed by atoms with E-state index in [1.165, 1.54) is 10.4 Å². The second-order valence-corrected chi connectivity index (χ2v) is 8.39. The molecule has 3 aromatic rings. The van der Waals surface area contributed by atoms with Gasteiger partial charge in [-0.25, -0.2) is 4.98 Å². The van der Waals surface area contributed by atoms with Gasteiger partial charge in [-0.3, -0.25) is 9.36 Å². The lowest BCUT2D eigenvalue weighted by atomic mass is 10.2. The molecule has 120 valence electrons. The van der Waals surface area contributed by atoms with Crippen molar-refractivity contribution in [3.8, 4) is 0 Å². The van der Waals surface area contributed by atoms with Crippen LogP contribution in [0, 0.1) is 13.8 Å². The zero-order valence-electron chi connectivity index (χ0n) is 13.2. The zero-order chi connectivity index (χ0) is 16.6. The number of fused-ring (bicyclic) bond motifs is 1. The lowest BCUT2D eigenvalue weighted by molar-refractivity contribution is 0.635. The normalized spacial score (nSPS) is 11.3. The van der Waals surface area contributed by atoms with Gasteiger partial charge < -0.3 is 0 Å². The van der Waals surface area contributed by atoms with Crippen LogP contribution in [0.1, 0.15) is 22.9 Å². The molecule has 3 rings (SSSR count). The quantitative estimate of drug-likeness (QED) is 0.442. The van der Waals surface area contributed by atoms with Crippen LogP contribution in [0.3, 0.4) is 0 Å². The summed E-state index contributed by atoms with van der Waals surface area (Å²) < 4.78 is 2.85. The van der Waals surface area contributed by atoms with E-state index in [4.69, 9.17) is 4.98 Å². The van der Waals surface area contributed by atoms with Crippen LogP contribution >= 0.6 is 39.0 Å². The highest BCUT2D eigenvalue weighted by molar-refractivity contribution is 9.10. The van der Waals surface area contributed by atoms with Crippen molar-refractivity contribution in [1.82, 2.24) is 9.55 Å². The van der Waals surface area contributed by atoms with Crippen LogP contribution < -0.4 is 5.56 Å². The van der Waals surface area contributed by atoms with Crippen LogP contribution in [0.15, 0.2) is 38.7 Å².